The molecule has 0 aliphatic rings. The Morgan fingerprint density at radius 1 is 1.46 bits per heavy atom. The molecule has 0 amide bonds. The van der Waals surface area contributed by atoms with Crippen LogP contribution in [0.1, 0.15) is 20.3 Å². The lowest BCUT2D eigenvalue weighted by molar-refractivity contribution is 0.177. The van der Waals surface area contributed by atoms with Crippen molar-refractivity contribution in [3.05, 3.63) is 36.3 Å². The first-order valence-corrected chi connectivity index (χ1v) is 4.45. The highest BCUT2D eigenvalue weighted by molar-refractivity contribution is 5.21. The van der Waals surface area contributed by atoms with Crippen molar-refractivity contribution >= 4 is 0 Å². The summed E-state index contributed by atoms with van der Waals surface area (Å²) in [6.45, 7) is 8.42. The fraction of sp³-hybridized carbons (Fsp3) is 0.455. The van der Waals surface area contributed by atoms with Crippen LogP contribution in [0.5, 0.6) is 0 Å². The highest BCUT2D eigenvalue weighted by Crippen LogP contribution is 2.10. The van der Waals surface area contributed by atoms with Gasteiger partial charge in [-0.1, -0.05) is 25.7 Å². The average Bonchev–Trinajstić information content (AvgIpc) is 2.17. The lowest BCUT2D eigenvalue weighted by atomic mass is 10.3. The van der Waals surface area contributed by atoms with E-state index in [0.717, 1.165) is 6.42 Å². The molecule has 0 aromatic heterocycles. The maximum absolute atomic E-state index is 5.43. The van der Waals surface area contributed by atoms with Gasteiger partial charge in [0.1, 0.15) is 0 Å². The maximum atomic E-state index is 5.43. The highest BCUT2D eigenvalue weighted by atomic mass is 16.5. The minimum atomic E-state index is 0.562. The predicted octanol–water partition coefficient (Wildman–Crippen LogP) is 3.03. The zero-order chi connectivity index (χ0) is 10.1. The molecule has 0 heterocycles. The summed E-state index contributed by atoms with van der Waals surface area (Å²) in [6, 6.07) is 0. The van der Waals surface area contributed by atoms with Crippen LogP contribution in [0, 0.1) is 0 Å². The van der Waals surface area contributed by atoms with E-state index in [0.29, 0.717) is 18.1 Å². The minimum Gasteiger partial charge on any atom is -0.493 e. The number of rotatable bonds is 6. The van der Waals surface area contributed by atoms with Crippen molar-refractivity contribution in [1.29, 1.82) is 0 Å². The second-order valence-corrected chi connectivity index (χ2v) is 2.53. The van der Waals surface area contributed by atoms with Crippen molar-refractivity contribution in [3.63, 3.8) is 0 Å². The van der Waals surface area contributed by atoms with E-state index in [2.05, 4.69) is 13.5 Å². The van der Waals surface area contributed by atoms with E-state index >= 15 is 0 Å². The Labute approximate surface area is 80.5 Å². The highest BCUT2D eigenvalue weighted by Gasteiger charge is 2.01. The predicted molar refractivity (Wildman–Crippen MR) is 55.3 cm³/mol. The molecule has 0 spiro atoms. The number of methoxy groups -OCH3 is 1. The molecule has 0 aliphatic heterocycles. The number of allylic oxidation sites excluding steroid dienone is 3. The van der Waals surface area contributed by atoms with E-state index in [-0.39, 0.29) is 0 Å². The van der Waals surface area contributed by atoms with Crippen molar-refractivity contribution in [1.82, 2.24) is 0 Å². The van der Waals surface area contributed by atoms with Gasteiger partial charge >= 0.3 is 0 Å². The summed E-state index contributed by atoms with van der Waals surface area (Å²) in [7, 11) is 1.58. The molecule has 0 unspecified atom stereocenters. The van der Waals surface area contributed by atoms with Crippen molar-refractivity contribution in [2.24, 2.45) is 0 Å². The fourth-order valence-electron chi connectivity index (χ4n) is 0.718. The molecule has 0 rings (SSSR count). The second kappa shape index (κ2) is 7.47. The van der Waals surface area contributed by atoms with Crippen LogP contribution in [0.3, 0.4) is 0 Å². The number of ether oxygens (including phenoxy) is 2. The molecule has 0 aliphatic carbocycles. The Morgan fingerprint density at radius 3 is 2.62 bits per heavy atom. The van der Waals surface area contributed by atoms with Gasteiger partial charge in [0, 0.05) is 0 Å². The summed E-state index contributed by atoms with van der Waals surface area (Å²) >= 11 is 0. The van der Waals surface area contributed by atoms with Crippen molar-refractivity contribution < 1.29 is 9.47 Å². The summed E-state index contributed by atoms with van der Waals surface area (Å²) in [5, 5.41) is 0. The third kappa shape index (κ3) is 5.12. The molecule has 0 radical (unpaired) electrons. The van der Waals surface area contributed by atoms with Crippen molar-refractivity contribution in [2.45, 2.75) is 20.3 Å². The summed E-state index contributed by atoms with van der Waals surface area (Å²) in [6.07, 6.45) is 6.65. The first kappa shape index (κ1) is 11.8. The summed E-state index contributed by atoms with van der Waals surface area (Å²) < 4.78 is 10.4. The van der Waals surface area contributed by atoms with Crippen molar-refractivity contribution in [3.8, 4) is 0 Å². The van der Waals surface area contributed by atoms with Crippen LogP contribution in [0.4, 0.5) is 0 Å². The first-order chi connectivity index (χ1) is 6.26. The SMILES string of the molecule is C=C(OC)/C(=C\C=C/C)OCCC. The third-order valence-corrected chi connectivity index (χ3v) is 1.42. The van der Waals surface area contributed by atoms with Gasteiger partial charge in [-0.05, 0) is 19.4 Å². The van der Waals surface area contributed by atoms with Crippen LogP contribution in [0.25, 0.3) is 0 Å². The fourth-order valence-corrected chi connectivity index (χ4v) is 0.718. The van der Waals surface area contributed by atoms with Crippen LogP contribution in [0.2, 0.25) is 0 Å². The number of hydrogen-bond donors (Lipinski definition) is 0. The monoisotopic (exact) mass is 182 g/mol. The average molecular weight is 182 g/mol. The van der Waals surface area contributed by atoms with Crippen LogP contribution in [-0.4, -0.2) is 13.7 Å². The topological polar surface area (TPSA) is 18.5 Å². The Bertz CT molecular complexity index is 202. The van der Waals surface area contributed by atoms with Gasteiger partial charge in [-0.2, -0.15) is 0 Å². The molecule has 2 heteroatoms. The molecule has 13 heavy (non-hydrogen) atoms. The van der Waals surface area contributed by atoms with E-state index in [1.165, 1.54) is 0 Å². The van der Waals surface area contributed by atoms with Gasteiger partial charge in [0.05, 0.1) is 13.7 Å². The zero-order valence-electron chi connectivity index (χ0n) is 8.67. The molecule has 0 aromatic rings. The zero-order valence-corrected chi connectivity index (χ0v) is 8.67. The van der Waals surface area contributed by atoms with Gasteiger partial charge in [0.25, 0.3) is 0 Å². The molecule has 0 saturated carbocycles. The van der Waals surface area contributed by atoms with E-state index in [9.17, 15) is 0 Å². The van der Waals surface area contributed by atoms with Crippen LogP contribution in [0.15, 0.2) is 36.3 Å². The Balaban J connectivity index is 4.26. The van der Waals surface area contributed by atoms with Gasteiger partial charge in [-0.3, -0.25) is 0 Å². The molecule has 2 nitrogen and oxygen atoms in total. The molecule has 0 fully saturated rings. The van der Waals surface area contributed by atoms with Gasteiger partial charge in [0.2, 0.25) is 0 Å². The quantitative estimate of drug-likeness (QED) is 0.464. The molecule has 0 atom stereocenters. The first-order valence-electron chi connectivity index (χ1n) is 4.45. The summed E-state index contributed by atoms with van der Waals surface area (Å²) in [5.41, 5.74) is 0. The smallest absolute Gasteiger partial charge is 0.160 e. The van der Waals surface area contributed by atoms with Crippen molar-refractivity contribution in [2.75, 3.05) is 13.7 Å². The van der Waals surface area contributed by atoms with Gasteiger partial charge in [-0.25, -0.2) is 0 Å². The number of hydrogen-bond acceptors (Lipinski definition) is 2. The summed E-state index contributed by atoms with van der Waals surface area (Å²) in [4.78, 5) is 0. The molecule has 0 aromatic carbocycles. The van der Waals surface area contributed by atoms with Gasteiger partial charge in [-0.15, -0.1) is 0 Å². The normalized spacial score (nSPS) is 11.8. The Hall–Kier alpha value is -1.18. The molecule has 0 N–H and O–H groups in total. The molecular formula is C11H18O2. The van der Waals surface area contributed by atoms with E-state index in [1.807, 2.05) is 25.2 Å². The van der Waals surface area contributed by atoms with Crippen LogP contribution < -0.4 is 0 Å². The Kier molecular flexibility index (Phi) is 6.79. The molecule has 0 saturated heterocycles. The van der Waals surface area contributed by atoms with Gasteiger partial charge < -0.3 is 9.47 Å². The maximum Gasteiger partial charge on any atom is 0.160 e. The van der Waals surface area contributed by atoms with E-state index in [1.54, 1.807) is 7.11 Å². The lowest BCUT2D eigenvalue weighted by Crippen LogP contribution is -1.98. The molecular weight excluding hydrogens is 164 g/mol. The molecule has 74 valence electrons. The van der Waals surface area contributed by atoms with Gasteiger partial charge in [0.15, 0.2) is 11.5 Å². The standard InChI is InChI=1S/C11H18O2/c1-5-7-8-11(10(3)12-4)13-9-6-2/h5,7-8H,3,6,9H2,1-2,4H3/b7-5-,11-8+. The second-order valence-electron chi connectivity index (χ2n) is 2.53. The Morgan fingerprint density at radius 2 is 2.15 bits per heavy atom. The lowest BCUT2D eigenvalue weighted by Gasteiger charge is -2.10. The minimum absolute atomic E-state index is 0.562. The van der Waals surface area contributed by atoms with Crippen LogP contribution in [-0.2, 0) is 9.47 Å². The van der Waals surface area contributed by atoms with E-state index in [4.69, 9.17) is 9.47 Å². The summed E-state index contributed by atoms with van der Waals surface area (Å²) in [5.74, 6) is 1.26. The van der Waals surface area contributed by atoms with E-state index < -0.39 is 0 Å². The van der Waals surface area contributed by atoms with Crippen LogP contribution >= 0.6 is 0 Å². The third-order valence-electron chi connectivity index (χ3n) is 1.42. The molecule has 0 bridgehead atoms. The largest absolute Gasteiger partial charge is 0.493 e.